The third-order valence-corrected chi connectivity index (χ3v) is 4.20. The number of carbonyl (C=O) groups is 1. The number of ether oxygens (including phenoxy) is 1. The Morgan fingerprint density at radius 2 is 1.86 bits per heavy atom. The van der Waals surface area contributed by atoms with Crippen molar-refractivity contribution < 1.29 is 9.53 Å². The Balaban J connectivity index is 1.58. The molecule has 1 aliphatic carbocycles. The standard InChI is InChI=1S/C16H19ClN2O2/c17-12-7-5-11(6-8-12)15-14(9-10-21-15)19-16(20)18-13-3-1-2-4-13/h1-2,5-8,13-15H,3-4,9-10H2,(H2,18,19,20)/t14-,15-/m0/s1. The molecule has 0 radical (unpaired) electrons. The van der Waals surface area contributed by atoms with Crippen molar-refractivity contribution in [3.05, 3.63) is 47.0 Å². The molecule has 112 valence electrons. The molecular formula is C16H19ClN2O2. The van der Waals surface area contributed by atoms with Gasteiger partial charge in [0, 0.05) is 17.7 Å². The number of halogens is 1. The minimum Gasteiger partial charge on any atom is -0.371 e. The van der Waals surface area contributed by atoms with Crippen LogP contribution < -0.4 is 10.6 Å². The molecule has 1 aromatic carbocycles. The molecule has 1 heterocycles. The van der Waals surface area contributed by atoms with Crippen molar-refractivity contribution in [1.82, 2.24) is 10.6 Å². The summed E-state index contributed by atoms with van der Waals surface area (Å²) in [5.74, 6) is 0. The average molecular weight is 307 g/mol. The predicted molar refractivity (Wildman–Crippen MR) is 82.4 cm³/mol. The van der Waals surface area contributed by atoms with Gasteiger partial charge < -0.3 is 15.4 Å². The maximum Gasteiger partial charge on any atom is 0.315 e. The van der Waals surface area contributed by atoms with Gasteiger partial charge in [0.15, 0.2) is 0 Å². The number of rotatable bonds is 3. The van der Waals surface area contributed by atoms with Gasteiger partial charge in [-0.3, -0.25) is 0 Å². The monoisotopic (exact) mass is 306 g/mol. The van der Waals surface area contributed by atoms with E-state index in [0.717, 1.165) is 24.8 Å². The van der Waals surface area contributed by atoms with Crippen LogP contribution in [0.5, 0.6) is 0 Å². The lowest BCUT2D eigenvalue weighted by Crippen LogP contribution is -2.46. The summed E-state index contributed by atoms with van der Waals surface area (Å²) in [6.45, 7) is 0.656. The van der Waals surface area contributed by atoms with Gasteiger partial charge >= 0.3 is 6.03 Å². The van der Waals surface area contributed by atoms with Gasteiger partial charge in [0.05, 0.1) is 6.04 Å². The molecule has 0 spiro atoms. The van der Waals surface area contributed by atoms with Crippen molar-refractivity contribution in [3.8, 4) is 0 Å². The Bertz CT molecular complexity index is 522. The maximum atomic E-state index is 12.1. The van der Waals surface area contributed by atoms with Crippen LogP contribution in [0, 0.1) is 0 Å². The largest absolute Gasteiger partial charge is 0.371 e. The maximum absolute atomic E-state index is 12.1. The van der Waals surface area contributed by atoms with Gasteiger partial charge in [-0.25, -0.2) is 4.79 Å². The first-order valence-corrected chi connectivity index (χ1v) is 7.69. The zero-order valence-corrected chi connectivity index (χ0v) is 12.5. The van der Waals surface area contributed by atoms with E-state index < -0.39 is 0 Å². The van der Waals surface area contributed by atoms with Gasteiger partial charge in [-0.1, -0.05) is 35.9 Å². The molecule has 5 heteroatoms. The Labute approximate surface area is 129 Å². The second kappa shape index (κ2) is 6.50. The van der Waals surface area contributed by atoms with Crippen LogP contribution in [0.3, 0.4) is 0 Å². The second-order valence-corrected chi connectivity index (χ2v) is 5.93. The molecule has 2 aliphatic rings. The molecule has 1 fully saturated rings. The number of hydrogen-bond acceptors (Lipinski definition) is 2. The van der Waals surface area contributed by atoms with Gasteiger partial charge in [0.25, 0.3) is 0 Å². The Hall–Kier alpha value is -1.52. The number of benzene rings is 1. The van der Waals surface area contributed by atoms with E-state index >= 15 is 0 Å². The van der Waals surface area contributed by atoms with Gasteiger partial charge in [0.2, 0.25) is 0 Å². The highest BCUT2D eigenvalue weighted by atomic mass is 35.5. The zero-order chi connectivity index (χ0) is 14.7. The fourth-order valence-corrected chi connectivity index (χ4v) is 2.97. The lowest BCUT2D eigenvalue weighted by Gasteiger charge is -2.22. The van der Waals surface area contributed by atoms with E-state index in [2.05, 4.69) is 22.8 Å². The minimum atomic E-state index is -0.113. The van der Waals surface area contributed by atoms with Gasteiger partial charge in [-0.05, 0) is 37.0 Å². The summed E-state index contributed by atoms with van der Waals surface area (Å²) < 4.78 is 5.76. The third-order valence-electron chi connectivity index (χ3n) is 3.95. The van der Waals surface area contributed by atoms with E-state index in [9.17, 15) is 4.79 Å². The van der Waals surface area contributed by atoms with E-state index in [-0.39, 0.29) is 24.2 Å². The normalized spacial score (nSPS) is 25.2. The Kier molecular flexibility index (Phi) is 4.46. The van der Waals surface area contributed by atoms with Crippen molar-refractivity contribution in [2.75, 3.05) is 6.61 Å². The van der Waals surface area contributed by atoms with E-state index in [0.29, 0.717) is 11.6 Å². The zero-order valence-electron chi connectivity index (χ0n) is 11.7. The van der Waals surface area contributed by atoms with E-state index in [4.69, 9.17) is 16.3 Å². The van der Waals surface area contributed by atoms with Crippen LogP contribution in [0.2, 0.25) is 5.02 Å². The van der Waals surface area contributed by atoms with Crippen LogP contribution in [-0.4, -0.2) is 24.7 Å². The molecule has 3 rings (SSSR count). The highest BCUT2D eigenvalue weighted by Crippen LogP contribution is 2.29. The van der Waals surface area contributed by atoms with Crippen LogP contribution >= 0.6 is 11.6 Å². The topological polar surface area (TPSA) is 50.4 Å². The molecule has 21 heavy (non-hydrogen) atoms. The van der Waals surface area contributed by atoms with Gasteiger partial charge in [-0.2, -0.15) is 0 Å². The van der Waals surface area contributed by atoms with Crippen molar-refractivity contribution in [2.24, 2.45) is 0 Å². The molecule has 1 saturated heterocycles. The summed E-state index contributed by atoms with van der Waals surface area (Å²) in [6.07, 6.45) is 6.74. The fourth-order valence-electron chi connectivity index (χ4n) is 2.85. The highest BCUT2D eigenvalue weighted by Gasteiger charge is 2.31. The molecule has 0 bridgehead atoms. The highest BCUT2D eigenvalue weighted by molar-refractivity contribution is 6.30. The summed E-state index contributed by atoms with van der Waals surface area (Å²) in [5.41, 5.74) is 1.05. The van der Waals surface area contributed by atoms with Crippen LogP contribution in [0.4, 0.5) is 4.79 Å². The summed E-state index contributed by atoms with van der Waals surface area (Å²) in [6, 6.07) is 7.71. The molecule has 2 atom stereocenters. The molecule has 4 nitrogen and oxygen atoms in total. The Morgan fingerprint density at radius 1 is 1.14 bits per heavy atom. The van der Waals surface area contributed by atoms with Crippen LogP contribution in [0.15, 0.2) is 36.4 Å². The quantitative estimate of drug-likeness (QED) is 0.843. The number of urea groups is 1. The second-order valence-electron chi connectivity index (χ2n) is 5.50. The van der Waals surface area contributed by atoms with Crippen molar-refractivity contribution >= 4 is 17.6 Å². The molecular weight excluding hydrogens is 288 g/mol. The lowest BCUT2D eigenvalue weighted by molar-refractivity contribution is 0.0998. The summed E-state index contributed by atoms with van der Waals surface area (Å²) in [5, 5.41) is 6.73. The fraction of sp³-hybridized carbons (Fsp3) is 0.438. The molecule has 0 aromatic heterocycles. The minimum absolute atomic E-state index is 0.000498. The number of carbonyl (C=O) groups excluding carboxylic acids is 1. The average Bonchev–Trinajstić information content (AvgIpc) is 3.11. The molecule has 0 unspecified atom stereocenters. The summed E-state index contributed by atoms with van der Waals surface area (Å²) in [7, 11) is 0. The number of hydrogen-bond donors (Lipinski definition) is 2. The first kappa shape index (κ1) is 14.4. The predicted octanol–water partition coefficient (Wildman–Crippen LogP) is 3.19. The molecule has 2 amide bonds. The molecule has 2 N–H and O–H groups in total. The van der Waals surface area contributed by atoms with E-state index in [1.807, 2.05) is 24.3 Å². The van der Waals surface area contributed by atoms with Crippen molar-refractivity contribution in [3.63, 3.8) is 0 Å². The van der Waals surface area contributed by atoms with Crippen LogP contribution in [0.25, 0.3) is 0 Å². The summed E-state index contributed by atoms with van der Waals surface area (Å²) in [4.78, 5) is 12.1. The van der Waals surface area contributed by atoms with E-state index in [1.165, 1.54) is 0 Å². The first-order chi connectivity index (χ1) is 10.2. The summed E-state index contributed by atoms with van der Waals surface area (Å²) >= 11 is 5.91. The smallest absolute Gasteiger partial charge is 0.315 e. The van der Waals surface area contributed by atoms with Gasteiger partial charge in [-0.15, -0.1) is 0 Å². The lowest BCUT2D eigenvalue weighted by atomic mass is 10.0. The van der Waals surface area contributed by atoms with Crippen LogP contribution in [-0.2, 0) is 4.74 Å². The van der Waals surface area contributed by atoms with Crippen molar-refractivity contribution in [2.45, 2.75) is 37.5 Å². The van der Waals surface area contributed by atoms with Gasteiger partial charge in [0.1, 0.15) is 6.10 Å². The molecule has 0 saturated carbocycles. The molecule has 1 aromatic rings. The first-order valence-electron chi connectivity index (χ1n) is 7.31. The molecule has 1 aliphatic heterocycles. The third kappa shape index (κ3) is 3.57. The van der Waals surface area contributed by atoms with E-state index in [1.54, 1.807) is 0 Å². The number of nitrogens with one attached hydrogen (secondary N) is 2. The number of amides is 2. The Morgan fingerprint density at radius 3 is 2.57 bits per heavy atom. The van der Waals surface area contributed by atoms with Crippen LogP contribution in [0.1, 0.15) is 30.9 Å². The SMILES string of the molecule is O=C(NC1CC=CC1)N[C@H]1CCO[C@H]1c1ccc(Cl)cc1. The van der Waals surface area contributed by atoms with Crippen molar-refractivity contribution in [1.29, 1.82) is 0 Å².